The van der Waals surface area contributed by atoms with E-state index in [0.717, 1.165) is 20.2 Å². The largest absolute Gasteiger partial charge is 0.465 e. The molecule has 0 atom stereocenters. The van der Waals surface area contributed by atoms with Crippen molar-refractivity contribution in [3.8, 4) is 80.1 Å². The Kier molecular flexibility index (Phi) is 11.6. The molecule has 2 nitrogen and oxygen atoms in total. The van der Waals surface area contributed by atoms with Crippen LogP contribution in [0.5, 0.6) is 0 Å². The minimum atomic E-state index is -0.302. The molecule has 0 aliphatic heterocycles. The van der Waals surface area contributed by atoms with E-state index in [4.69, 9.17) is 4.74 Å². The third-order valence-corrected chi connectivity index (χ3v) is 22.2. The number of carbonyl (C=O) groups is 1. The van der Waals surface area contributed by atoms with E-state index in [-0.39, 0.29) is 5.97 Å². The summed E-state index contributed by atoms with van der Waals surface area (Å²) in [7, 11) is 1.46. The van der Waals surface area contributed by atoms with Crippen molar-refractivity contribution in [2.24, 2.45) is 0 Å². The van der Waals surface area contributed by atoms with Crippen LogP contribution in [0, 0.1) is 11.5 Å². The molecular formula is C38H18I4O2S9. The van der Waals surface area contributed by atoms with Crippen LogP contribution in [-0.4, -0.2) is 13.1 Å². The summed E-state index contributed by atoms with van der Waals surface area (Å²) in [6.07, 6.45) is 0. The number of carbonyl (C=O) groups excluding carboxylic acids is 1. The summed E-state index contributed by atoms with van der Waals surface area (Å²) in [6.45, 7) is 0. The van der Waals surface area contributed by atoms with Gasteiger partial charge in [0.1, 0.15) is 4.88 Å². The fourth-order valence-electron chi connectivity index (χ4n) is 5.71. The number of halogens is 4. The highest BCUT2D eigenvalue weighted by Gasteiger charge is 2.24. The fraction of sp³-hybridized carbons (Fsp3) is 0.0263. The van der Waals surface area contributed by atoms with Crippen molar-refractivity contribution in [2.75, 3.05) is 7.11 Å². The SMILES string of the molecule is COC(=O)c1cc(-c2ccc(-c3cc(-c4ccc(I)s4)c(-c4ccc(I)s4)s3)s2)c(-c2ccc(-c3cc(-c4ccc(I)s4)c(-c4ccc(I)s4)s3)s2)s1. The molecule has 0 fully saturated rings. The molecule has 53 heavy (non-hydrogen) atoms. The molecule has 0 saturated carbocycles. The van der Waals surface area contributed by atoms with Crippen LogP contribution in [0.3, 0.4) is 0 Å². The Morgan fingerprint density at radius 3 is 1.19 bits per heavy atom. The van der Waals surface area contributed by atoms with Gasteiger partial charge >= 0.3 is 5.97 Å². The predicted octanol–water partition coefficient (Wildman–Crippen LogP) is 17.8. The standard InChI is InChI=1S/C38H18I4O2S9/c1-44-38(43)30-16-19(20-2-3-23(45-20)28-14-17(21-6-10-31(39)47-21)36(51-28)26-8-12-33(41)49-26)35(53-30)25-5-4-24(46-25)29-15-18(22-7-11-32(40)48-22)37(52-29)27-9-13-34(42)50-27/h2-16H,1H3. The van der Waals surface area contributed by atoms with E-state index in [1.807, 2.05) is 74.1 Å². The van der Waals surface area contributed by atoms with E-state index in [0.29, 0.717) is 4.88 Å². The summed E-state index contributed by atoms with van der Waals surface area (Å²) < 4.78 is 10.4. The highest BCUT2D eigenvalue weighted by Crippen LogP contribution is 2.53. The molecule has 9 aromatic rings. The van der Waals surface area contributed by atoms with Crippen LogP contribution in [0.15, 0.2) is 91.0 Å². The Morgan fingerprint density at radius 1 is 0.396 bits per heavy atom. The van der Waals surface area contributed by atoms with Crippen LogP contribution in [0.2, 0.25) is 0 Å². The third-order valence-electron chi connectivity index (χ3n) is 8.04. The molecule has 0 N–H and O–H groups in total. The monoisotopic (exact) mass is 1300 g/mol. The van der Waals surface area contributed by atoms with E-state index in [1.165, 1.54) is 89.9 Å². The number of rotatable bonds is 9. The predicted molar refractivity (Wildman–Crippen MR) is 273 cm³/mol. The van der Waals surface area contributed by atoms with Crippen LogP contribution < -0.4 is 0 Å². The molecule has 0 aromatic carbocycles. The Morgan fingerprint density at radius 2 is 0.736 bits per heavy atom. The van der Waals surface area contributed by atoms with Gasteiger partial charge in [0.15, 0.2) is 0 Å². The van der Waals surface area contributed by atoms with Crippen LogP contribution in [0.4, 0.5) is 0 Å². The molecule has 0 saturated heterocycles. The summed E-state index contributed by atoms with van der Waals surface area (Å²) in [5, 5.41) is 0. The van der Waals surface area contributed by atoms with Gasteiger partial charge in [-0.15, -0.1) is 102 Å². The average Bonchev–Trinajstić information content (AvgIpc) is 3.97. The first-order valence-corrected chi connectivity index (χ1v) is 27.1. The molecule has 0 bridgehead atoms. The second-order valence-electron chi connectivity index (χ2n) is 11.3. The zero-order valence-corrected chi connectivity index (χ0v) is 42.6. The summed E-state index contributed by atoms with van der Waals surface area (Å²) in [5.74, 6) is -0.302. The topological polar surface area (TPSA) is 26.3 Å². The van der Waals surface area contributed by atoms with Gasteiger partial charge in [-0.1, -0.05) is 0 Å². The summed E-state index contributed by atoms with van der Waals surface area (Å²) in [6, 6.07) is 33.4. The van der Waals surface area contributed by atoms with Crippen molar-refractivity contribution >= 4 is 198 Å². The fourth-order valence-corrected chi connectivity index (χ4v) is 18.4. The number of ether oxygens (including phenoxy) is 1. The van der Waals surface area contributed by atoms with Gasteiger partial charge in [0.05, 0.1) is 33.3 Å². The highest BCUT2D eigenvalue weighted by atomic mass is 127. The van der Waals surface area contributed by atoms with Gasteiger partial charge in [-0.3, -0.25) is 0 Å². The lowest BCUT2D eigenvalue weighted by atomic mass is 10.1. The van der Waals surface area contributed by atoms with Crippen molar-refractivity contribution < 1.29 is 9.53 Å². The minimum Gasteiger partial charge on any atom is -0.465 e. The maximum absolute atomic E-state index is 12.9. The second-order valence-corrected chi connectivity index (χ2v) is 28.5. The van der Waals surface area contributed by atoms with Crippen molar-refractivity contribution in [1.29, 1.82) is 0 Å². The normalized spacial score (nSPS) is 11.6. The van der Waals surface area contributed by atoms with Gasteiger partial charge in [0.25, 0.3) is 0 Å². The Labute approximate surface area is 396 Å². The molecular weight excluding hydrogens is 1280 g/mol. The van der Waals surface area contributed by atoms with Gasteiger partial charge in [0, 0.05) is 65.5 Å². The van der Waals surface area contributed by atoms with Crippen LogP contribution in [-0.2, 0) is 4.74 Å². The number of hydrogen-bond donors (Lipinski definition) is 0. The molecule has 0 amide bonds. The lowest BCUT2D eigenvalue weighted by molar-refractivity contribution is 0.0606. The molecule has 264 valence electrons. The lowest BCUT2D eigenvalue weighted by Crippen LogP contribution is -1.96. The second kappa shape index (κ2) is 16.1. The van der Waals surface area contributed by atoms with Gasteiger partial charge in [-0.2, -0.15) is 0 Å². The third kappa shape index (κ3) is 7.83. The molecule has 0 unspecified atom stereocenters. The van der Waals surface area contributed by atoms with Gasteiger partial charge in [-0.05, 0) is 181 Å². The van der Waals surface area contributed by atoms with Gasteiger partial charge < -0.3 is 4.74 Å². The van der Waals surface area contributed by atoms with Gasteiger partial charge in [0.2, 0.25) is 0 Å². The summed E-state index contributed by atoms with van der Waals surface area (Å²) in [5.41, 5.74) is 3.67. The number of thiophene rings is 9. The van der Waals surface area contributed by atoms with Crippen LogP contribution in [0.1, 0.15) is 9.67 Å². The highest BCUT2D eigenvalue weighted by molar-refractivity contribution is 14.1. The smallest absolute Gasteiger partial charge is 0.348 e. The zero-order valence-electron chi connectivity index (χ0n) is 26.7. The summed E-state index contributed by atoms with van der Waals surface area (Å²) in [4.78, 5) is 29.7. The molecule has 0 aliphatic carbocycles. The first-order valence-electron chi connectivity index (χ1n) is 15.4. The summed E-state index contributed by atoms with van der Waals surface area (Å²) >= 11 is 25.8. The quantitative estimate of drug-likeness (QED) is 0.106. The molecule has 9 aromatic heterocycles. The number of hydrogen-bond acceptors (Lipinski definition) is 11. The van der Waals surface area contributed by atoms with Crippen molar-refractivity contribution in [1.82, 2.24) is 0 Å². The van der Waals surface area contributed by atoms with Gasteiger partial charge in [-0.25, -0.2) is 4.79 Å². The minimum absolute atomic E-state index is 0.302. The zero-order chi connectivity index (χ0) is 36.4. The van der Waals surface area contributed by atoms with Crippen LogP contribution in [0.25, 0.3) is 80.1 Å². The van der Waals surface area contributed by atoms with Crippen molar-refractivity contribution in [3.05, 3.63) is 107 Å². The molecule has 9 rings (SSSR count). The van der Waals surface area contributed by atoms with E-state index < -0.39 is 0 Å². The lowest BCUT2D eigenvalue weighted by Gasteiger charge is -1.99. The maximum Gasteiger partial charge on any atom is 0.348 e. The molecule has 0 radical (unpaired) electrons. The van der Waals surface area contributed by atoms with E-state index in [9.17, 15) is 4.79 Å². The Bertz CT molecular complexity index is 2480. The Hall–Kier alpha value is -0.310. The number of esters is 1. The van der Waals surface area contributed by atoms with Crippen LogP contribution >= 0.6 is 192 Å². The molecule has 9 heterocycles. The van der Waals surface area contributed by atoms with E-state index >= 15 is 0 Å². The Balaban J connectivity index is 1.10. The van der Waals surface area contributed by atoms with Crippen molar-refractivity contribution in [3.63, 3.8) is 0 Å². The first kappa shape index (κ1) is 38.2. The molecule has 15 heteroatoms. The molecule has 0 spiro atoms. The molecule has 0 aliphatic rings. The van der Waals surface area contributed by atoms with E-state index in [1.54, 1.807) is 22.7 Å². The first-order chi connectivity index (χ1) is 25.7. The maximum atomic E-state index is 12.9. The van der Waals surface area contributed by atoms with E-state index in [2.05, 4.69) is 175 Å². The van der Waals surface area contributed by atoms with Crippen molar-refractivity contribution in [2.45, 2.75) is 0 Å². The average molecular weight is 1300 g/mol. The number of methoxy groups -OCH3 is 1.